The molecule has 0 unspecified atom stereocenters. The minimum atomic E-state index is 0.0690. The maximum Gasteiger partial charge on any atom is 0.167 e. The van der Waals surface area contributed by atoms with E-state index >= 15 is 0 Å². The van der Waals surface area contributed by atoms with Gasteiger partial charge in [0.15, 0.2) is 17.8 Å². The molecule has 3 aromatic rings. The van der Waals surface area contributed by atoms with Crippen LogP contribution in [0.25, 0.3) is 22.2 Å². The summed E-state index contributed by atoms with van der Waals surface area (Å²) in [6.45, 7) is 3.99. The maximum atomic E-state index is 11.5. The maximum absolute atomic E-state index is 11.5. The normalized spacial score (nSPS) is 11.0. The number of aldehydes is 1. The molecule has 1 N–H and O–H groups in total. The fraction of sp³-hybridized carbons (Fsp3) is 0.211. The lowest BCUT2D eigenvalue weighted by Crippen LogP contribution is -1.96. The summed E-state index contributed by atoms with van der Waals surface area (Å²) >= 11 is 0. The van der Waals surface area contributed by atoms with E-state index in [0.29, 0.717) is 22.2 Å². The highest BCUT2D eigenvalue weighted by Crippen LogP contribution is 2.43. The molecule has 0 atom stereocenters. The quantitative estimate of drug-likeness (QED) is 0.744. The van der Waals surface area contributed by atoms with Crippen LogP contribution >= 0.6 is 0 Å². The Kier molecular flexibility index (Phi) is 3.60. The van der Waals surface area contributed by atoms with Crippen molar-refractivity contribution >= 4 is 17.2 Å². The van der Waals surface area contributed by atoms with Crippen molar-refractivity contribution in [3.05, 3.63) is 47.0 Å². The van der Waals surface area contributed by atoms with Crippen LogP contribution in [0.4, 0.5) is 0 Å². The Balaban J connectivity index is 2.44. The summed E-state index contributed by atoms with van der Waals surface area (Å²) in [6.07, 6.45) is 0.794. The summed E-state index contributed by atoms with van der Waals surface area (Å²) in [6, 6.07) is 9.76. The van der Waals surface area contributed by atoms with Crippen LogP contribution in [0.5, 0.6) is 11.5 Å². The Bertz CT molecular complexity index is 905. The van der Waals surface area contributed by atoms with E-state index in [1.807, 2.05) is 49.7 Å². The van der Waals surface area contributed by atoms with Crippen molar-refractivity contribution in [3.63, 3.8) is 0 Å². The van der Waals surface area contributed by atoms with E-state index in [1.54, 1.807) is 6.07 Å². The van der Waals surface area contributed by atoms with Crippen LogP contribution in [0.3, 0.4) is 0 Å². The molecule has 118 valence electrons. The number of nitrogens with zero attached hydrogens (tertiary/aromatic N) is 1. The number of carbonyl (C=O) groups is 1. The topological polar surface area (TPSA) is 51.5 Å². The summed E-state index contributed by atoms with van der Waals surface area (Å²) in [5.74, 6) is 0.378. The van der Waals surface area contributed by atoms with Gasteiger partial charge in [-0.05, 0) is 31.0 Å². The van der Waals surface area contributed by atoms with Crippen LogP contribution in [-0.4, -0.2) is 23.1 Å². The number of ether oxygens (including phenoxy) is 1. The van der Waals surface area contributed by atoms with Gasteiger partial charge in [-0.1, -0.05) is 29.8 Å². The lowest BCUT2D eigenvalue weighted by Gasteiger charge is -2.08. The van der Waals surface area contributed by atoms with Gasteiger partial charge in [-0.3, -0.25) is 4.79 Å². The van der Waals surface area contributed by atoms with E-state index < -0.39 is 0 Å². The number of phenolic OH excluding ortho intramolecular Hbond substituents is 1. The van der Waals surface area contributed by atoms with E-state index in [4.69, 9.17) is 4.74 Å². The van der Waals surface area contributed by atoms with Gasteiger partial charge in [0.2, 0.25) is 0 Å². The van der Waals surface area contributed by atoms with Crippen molar-refractivity contribution in [2.75, 3.05) is 7.11 Å². The first-order chi connectivity index (χ1) is 11.0. The van der Waals surface area contributed by atoms with Crippen LogP contribution in [-0.2, 0) is 7.05 Å². The van der Waals surface area contributed by atoms with Gasteiger partial charge < -0.3 is 14.4 Å². The second-order valence-electron chi connectivity index (χ2n) is 5.76. The SMILES string of the molecule is COc1cc(C=O)c2c(c(C)c(-c3ccc(C)cc3)n2C)c1O. The molecule has 0 aliphatic heterocycles. The minimum absolute atomic E-state index is 0.0690. The number of aryl methyl sites for hydroxylation is 3. The molecule has 0 spiro atoms. The number of methoxy groups -OCH3 is 1. The molecular weight excluding hydrogens is 290 g/mol. The average molecular weight is 309 g/mol. The molecule has 0 radical (unpaired) electrons. The van der Waals surface area contributed by atoms with Crippen LogP contribution in [0.1, 0.15) is 21.5 Å². The molecule has 1 heterocycles. The number of aromatic nitrogens is 1. The molecule has 0 amide bonds. The number of fused-ring (bicyclic) bond motifs is 1. The molecule has 0 bridgehead atoms. The lowest BCUT2D eigenvalue weighted by atomic mass is 10.0. The summed E-state index contributed by atoms with van der Waals surface area (Å²) in [4.78, 5) is 11.5. The zero-order chi connectivity index (χ0) is 16.7. The molecule has 3 rings (SSSR count). The molecule has 2 aromatic carbocycles. The van der Waals surface area contributed by atoms with Crippen LogP contribution < -0.4 is 4.74 Å². The van der Waals surface area contributed by atoms with E-state index in [9.17, 15) is 9.90 Å². The fourth-order valence-electron chi connectivity index (χ4n) is 3.22. The third kappa shape index (κ3) is 2.18. The van der Waals surface area contributed by atoms with Gasteiger partial charge in [-0.2, -0.15) is 0 Å². The monoisotopic (exact) mass is 309 g/mol. The summed E-state index contributed by atoms with van der Waals surface area (Å²) in [5.41, 5.74) is 5.34. The number of aromatic hydroxyl groups is 1. The zero-order valence-corrected chi connectivity index (χ0v) is 13.7. The van der Waals surface area contributed by atoms with Gasteiger partial charge >= 0.3 is 0 Å². The highest BCUT2D eigenvalue weighted by Gasteiger charge is 2.21. The summed E-state index contributed by atoms with van der Waals surface area (Å²) in [5, 5.41) is 11.2. The summed E-state index contributed by atoms with van der Waals surface area (Å²) < 4.78 is 7.16. The van der Waals surface area contributed by atoms with Gasteiger partial charge in [0.1, 0.15) is 0 Å². The molecule has 0 fully saturated rings. The molecule has 0 aliphatic rings. The smallest absolute Gasteiger partial charge is 0.167 e. The predicted molar refractivity (Wildman–Crippen MR) is 91.4 cm³/mol. The van der Waals surface area contributed by atoms with Gasteiger partial charge in [0.25, 0.3) is 0 Å². The molecule has 1 aromatic heterocycles. The molecule has 4 heteroatoms. The number of hydrogen-bond acceptors (Lipinski definition) is 3. The molecular formula is C19H19NO3. The first-order valence-electron chi connectivity index (χ1n) is 7.40. The van der Waals surface area contributed by atoms with Gasteiger partial charge in [0, 0.05) is 18.0 Å². The van der Waals surface area contributed by atoms with E-state index in [0.717, 1.165) is 23.1 Å². The first-order valence-corrected chi connectivity index (χ1v) is 7.40. The number of phenols is 1. The fourth-order valence-corrected chi connectivity index (χ4v) is 3.22. The van der Waals surface area contributed by atoms with E-state index in [-0.39, 0.29) is 5.75 Å². The third-order valence-corrected chi connectivity index (χ3v) is 4.34. The van der Waals surface area contributed by atoms with Crippen LogP contribution in [0.2, 0.25) is 0 Å². The van der Waals surface area contributed by atoms with Crippen molar-refractivity contribution in [3.8, 4) is 22.8 Å². The van der Waals surface area contributed by atoms with E-state index in [2.05, 4.69) is 0 Å². The van der Waals surface area contributed by atoms with Crippen LogP contribution in [0.15, 0.2) is 30.3 Å². The first kappa shape index (κ1) is 15.2. The standard InChI is InChI=1S/C19H19NO3/c1-11-5-7-13(8-6-11)17-12(2)16-18(20(17)3)14(10-21)9-15(23-4)19(16)22/h5-10,22H,1-4H3. The highest BCUT2D eigenvalue weighted by molar-refractivity contribution is 6.05. The average Bonchev–Trinajstić information content (AvgIpc) is 2.81. The number of rotatable bonds is 3. The van der Waals surface area contributed by atoms with E-state index in [1.165, 1.54) is 12.7 Å². The molecule has 0 saturated heterocycles. The Morgan fingerprint density at radius 2 is 1.83 bits per heavy atom. The molecule has 0 saturated carbocycles. The Hall–Kier alpha value is -2.75. The van der Waals surface area contributed by atoms with Crippen molar-refractivity contribution in [1.82, 2.24) is 4.57 Å². The second-order valence-corrected chi connectivity index (χ2v) is 5.76. The van der Waals surface area contributed by atoms with Gasteiger partial charge in [0.05, 0.1) is 18.3 Å². The Morgan fingerprint density at radius 1 is 1.17 bits per heavy atom. The Morgan fingerprint density at radius 3 is 2.39 bits per heavy atom. The molecule has 4 nitrogen and oxygen atoms in total. The number of hydrogen-bond donors (Lipinski definition) is 1. The summed E-state index contributed by atoms with van der Waals surface area (Å²) in [7, 11) is 3.39. The van der Waals surface area contributed by atoms with Crippen molar-refractivity contribution in [1.29, 1.82) is 0 Å². The van der Waals surface area contributed by atoms with Gasteiger partial charge in [-0.15, -0.1) is 0 Å². The largest absolute Gasteiger partial charge is 0.504 e. The van der Waals surface area contributed by atoms with Crippen molar-refractivity contribution < 1.29 is 14.6 Å². The highest BCUT2D eigenvalue weighted by atomic mass is 16.5. The van der Waals surface area contributed by atoms with Crippen molar-refractivity contribution in [2.45, 2.75) is 13.8 Å². The molecule has 0 aliphatic carbocycles. The third-order valence-electron chi connectivity index (χ3n) is 4.34. The zero-order valence-electron chi connectivity index (χ0n) is 13.7. The number of carbonyl (C=O) groups excluding carboxylic acids is 1. The van der Waals surface area contributed by atoms with Crippen molar-refractivity contribution in [2.24, 2.45) is 7.05 Å². The number of benzene rings is 2. The minimum Gasteiger partial charge on any atom is -0.504 e. The lowest BCUT2D eigenvalue weighted by molar-refractivity contribution is 0.112. The van der Waals surface area contributed by atoms with Gasteiger partial charge in [-0.25, -0.2) is 0 Å². The Labute approximate surface area is 134 Å². The predicted octanol–water partition coefficient (Wildman–Crippen LogP) is 3.99. The van der Waals surface area contributed by atoms with Crippen LogP contribution in [0, 0.1) is 13.8 Å². The second kappa shape index (κ2) is 5.47. The molecule has 23 heavy (non-hydrogen) atoms.